The number of H-pyrrole nitrogens is 1. The number of para-hydroxylation sites is 1. The summed E-state index contributed by atoms with van der Waals surface area (Å²) in [7, 11) is 0. The van der Waals surface area contributed by atoms with Crippen LogP contribution in [0.15, 0.2) is 24.3 Å². The lowest BCUT2D eigenvalue weighted by Gasteiger charge is -2.26. The van der Waals surface area contributed by atoms with Crippen molar-refractivity contribution in [3.05, 3.63) is 35.5 Å². The van der Waals surface area contributed by atoms with Crippen LogP contribution >= 0.6 is 12.4 Å². The van der Waals surface area contributed by atoms with Gasteiger partial charge in [-0.05, 0) is 18.6 Å². The fourth-order valence-corrected chi connectivity index (χ4v) is 2.62. The maximum Gasteiger partial charge on any atom is 0.321 e. The number of hydrogen-bond donors (Lipinski definition) is 3. The molecule has 3 N–H and O–H groups in total. The molecule has 0 saturated heterocycles. The molecule has 1 aromatic heterocycles. The first-order chi connectivity index (χ1) is 8.16. The van der Waals surface area contributed by atoms with Gasteiger partial charge in [0.1, 0.15) is 6.04 Å². The first kappa shape index (κ1) is 12.9. The SMILES string of the molecule is C[C@@H]1N[C@H](C(=O)O)Cc2c1[nH]c1ccccc21.Cl. The zero-order valence-electron chi connectivity index (χ0n) is 9.93. The predicted octanol–water partition coefficient (Wildman–Crippen LogP) is 2.25. The molecular formula is C13H15ClN2O2. The van der Waals surface area contributed by atoms with Crippen molar-refractivity contribution in [3.8, 4) is 0 Å². The number of aromatic nitrogens is 1. The summed E-state index contributed by atoms with van der Waals surface area (Å²) in [4.78, 5) is 14.5. The molecule has 0 spiro atoms. The van der Waals surface area contributed by atoms with Crippen LogP contribution < -0.4 is 5.32 Å². The highest BCUT2D eigenvalue weighted by Crippen LogP contribution is 2.31. The van der Waals surface area contributed by atoms with E-state index in [4.69, 9.17) is 5.11 Å². The Morgan fingerprint density at radius 2 is 2.11 bits per heavy atom. The van der Waals surface area contributed by atoms with Gasteiger partial charge in [-0.3, -0.25) is 10.1 Å². The summed E-state index contributed by atoms with van der Waals surface area (Å²) in [6.07, 6.45) is 0.541. The summed E-state index contributed by atoms with van der Waals surface area (Å²) < 4.78 is 0. The molecule has 0 aliphatic carbocycles. The van der Waals surface area contributed by atoms with E-state index in [0.29, 0.717) is 6.42 Å². The number of rotatable bonds is 1. The molecule has 0 fully saturated rings. The normalized spacial score (nSPS) is 22.3. The number of aromatic amines is 1. The minimum absolute atomic E-state index is 0. The summed E-state index contributed by atoms with van der Waals surface area (Å²) in [5.74, 6) is -0.784. The molecule has 5 heteroatoms. The van der Waals surface area contributed by atoms with E-state index in [-0.39, 0.29) is 18.4 Å². The molecule has 4 nitrogen and oxygen atoms in total. The van der Waals surface area contributed by atoms with Gasteiger partial charge in [0.15, 0.2) is 0 Å². The van der Waals surface area contributed by atoms with E-state index in [9.17, 15) is 4.79 Å². The van der Waals surface area contributed by atoms with Crippen LogP contribution in [0.3, 0.4) is 0 Å². The molecule has 0 radical (unpaired) electrons. The largest absolute Gasteiger partial charge is 0.480 e. The molecule has 0 saturated carbocycles. The minimum Gasteiger partial charge on any atom is -0.480 e. The lowest BCUT2D eigenvalue weighted by atomic mass is 9.95. The first-order valence-electron chi connectivity index (χ1n) is 5.75. The summed E-state index contributed by atoms with van der Waals surface area (Å²) in [5.41, 5.74) is 3.33. The number of carbonyl (C=O) groups is 1. The Hall–Kier alpha value is -1.52. The van der Waals surface area contributed by atoms with E-state index in [0.717, 1.165) is 22.2 Å². The van der Waals surface area contributed by atoms with Crippen molar-refractivity contribution in [2.24, 2.45) is 0 Å². The molecule has 2 heterocycles. The van der Waals surface area contributed by atoms with Crippen molar-refractivity contribution in [2.75, 3.05) is 0 Å². The molecule has 1 aliphatic rings. The quantitative estimate of drug-likeness (QED) is 0.742. The molecule has 0 amide bonds. The number of carboxylic acid groups (broad SMARTS) is 1. The molecule has 0 unspecified atom stereocenters. The van der Waals surface area contributed by atoms with Gasteiger partial charge in [0.2, 0.25) is 0 Å². The van der Waals surface area contributed by atoms with Crippen molar-refractivity contribution in [1.29, 1.82) is 0 Å². The lowest BCUT2D eigenvalue weighted by Crippen LogP contribution is -2.43. The second-order valence-corrected chi connectivity index (χ2v) is 4.55. The molecule has 96 valence electrons. The molecule has 1 aliphatic heterocycles. The van der Waals surface area contributed by atoms with Crippen molar-refractivity contribution >= 4 is 29.3 Å². The van der Waals surface area contributed by atoms with Crippen molar-refractivity contribution in [3.63, 3.8) is 0 Å². The Morgan fingerprint density at radius 3 is 2.83 bits per heavy atom. The number of halogens is 1. The molecular weight excluding hydrogens is 252 g/mol. The summed E-state index contributed by atoms with van der Waals surface area (Å²) in [6.45, 7) is 1.99. The van der Waals surface area contributed by atoms with Crippen molar-refractivity contribution in [1.82, 2.24) is 10.3 Å². The van der Waals surface area contributed by atoms with E-state index >= 15 is 0 Å². The lowest BCUT2D eigenvalue weighted by molar-refractivity contribution is -0.139. The number of benzene rings is 1. The van der Waals surface area contributed by atoms with Gasteiger partial charge in [0, 0.05) is 29.1 Å². The molecule has 2 aromatic rings. The Balaban J connectivity index is 0.00000120. The van der Waals surface area contributed by atoms with Gasteiger partial charge in [-0.2, -0.15) is 0 Å². The summed E-state index contributed by atoms with van der Waals surface area (Å²) in [6, 6.07) is 7.59. The fourth-order valence-electron chi connectivity index (χ4n) is 2.62. The fraction of sp³-hybridized carbons (Fsp3) is 0.308. The molecule has 2 atom stereocenters. The standard InChI is InChI=1S/C13H14N2O2.ClH/c1-7-12-9(6-11(14-7)13(16)17)8-4-2-3-5-10(8)15-12;/h2-5,7,11,14-15H,6H2,1H3,(H,16,17);1H/t7-,11-;/m0./s1. The highest BCUT2D eigenvalue weighted by Gasteiger charge is 2.30. The van der Waals surface area contributed by atoms with Gasteiger partial charge in [-0.15, -0.1) is 12.4 Å². The van der Waals surface area contributed by atoms with Crippen LogP contribution in [0.4, 0.5) is 0 Å². The van der Waals surface area contributed by atoms with Crippen LogP contribution in [0.2, 0.25) is 0 Å². The van der Waals surface area contributed by atoms with E-state index in [1.165, 1.54) is 0 Å². The van der Waals surface area contributed by atoms with E-state index in [1.54, 1.807) is 0 Å². The monoisotopic (exact) mass is 266 g/mol. The Kier molecular flexibility index (Phi) is 3.32. The second-order valence-electron chi connectivity index (χ2n) is 4.55. The third-order valence-electron chi connectivity index (χ3n) is 3.44. The number of nitrogens with one attached hydrogen (secondary N) is 2. The maximum absolute atomic E-state index is 11.1. The van der Waals surface area contributed by atoms with Crippen LogP contribution in [-0.2, 0) is 11.2 Å². The Bertz CT molecular complexity index is 594. The maximum atomic E-state index is 11.1. The smallest absolute Gasteiger partial charge is 0.321 e. The minimum atomic E-state index is -0.784. The van der Waals surface area contributed by atoms with Crippen molar-refractivity contribution < 1.29 is 9.90 Å². The van der Waals surface area contributed by atoms with Crippen LogP contribution in [0.5, 0.6) is 0 Å². The Labute approximate surface area is 111 Å². The van der Waals surface area contributed by atoms with Gasteiger partial charge in [-0.1, -0.05) is 18.2 Å². The number of hydrogen-bond acceptors (Lipinski definition) is 2. The molecule has 0 bridgehead atoms. The van der Waals surface area contributed by atoms with Gasteiger partial charge in [-0.25, -0.2) is 0 Å². The average Bonchev–Trinajstić information content (AvgIpc) is 2.68. The summed E-state index contributed by atoms with van der Waals surface area (Å²) >= 11 is 0. The second kappa shape index (κ2) is 4.63. The van der Waals surface area contributed by atoms with E-state index in [2.05, 4.69) is 10.3 Å². The third-order valence-corrected chi connectivity index (χ3v) is 3.44. The number of fused-ring (bicyclic) bond motifs is 3. The number of carboxylic acids is 1. The van der Waals surface area contributed by atoms with Gasteiger partial charge < -0.3 is 10.1 Å². The molecule has 1 aromatic carbocycles. The van der Waals surface area contributed by atoms with Crippen LogP contribution in [0.25, 0.3) is 10.9 Å². The van der Waals surface area contributed by atoms with Gasteiger partial charge >= 0.3 is 5.97 Å². The third kappa shape index (κ3) is 1.87. The van der Waals surface area contributed by atoms with E-state index in [1.807, 2.05) is 31.2 Å². The van der Waals surface area contributed by atoms with Gasteiger partial charge in [0.25, 0.3) is 0 Å². The predicted molar refractivity (Wildman–Crippen MR) is 72.2 cm³/mol. The Morgan fingerprint density at radius 1 is 1.39 bits per heavy atom. The average molecular weight is 267 g/mol. The van der Waals surface area contributed by atoms with Crippen LogP contribution in [0.1, 0.15) is 24.2 Å². The number of aliphatic carboxylic acids is 1. The molecule has 18 heavy (non-hydrogen) atoms. The van der Waals surface area contributed by atoms with Gasteiger partial charge in [0.05, 0.1) is 0 Å². The topological polar surface area (TPSA) is 65.1 Å². The zero-order chi connectivity index (χ0) is 12.0. The molecule has 3 rings (SSSR count). The van der Waals surface area contributed by atoms with Crippen molar-refractivity contribution in [2.45, 2.75) is 25.4 Å². The highest BCUT2D eigenvalue weighted by molar-refractivity contribution is 5.86. The highest BCUT2D eigenvalue weighted by atomic mass is 35.5. The first-order valence-corrected chi connectivity index (χ1v) is 5.75. The van der Waals surface area contributed by atoms with Crippen LogP contribution in [-0.4, -0.2) is 22.1 Å². The summed E-state index contributed by atoms with van der Waals surface area (Å²) in [5, 5.41) is 13.4. The van der Waals surface area contributed by atoms with E-state index < -0.39 is 12.0 Å². The zero-order valence-corrected chi connectivity index (χ0v) is 10.8. The van der Waals surface area contributed by atoms with Crippen LogP contribution in [0, 0.1) is 0 Å².